The number of rotatable bonds is 4. The molecule has 0 spiro atoms. The third-order valence-corrected chi connectivity index (χ3v) is 2.76. The number of methoxy groups -OCH3 is 1. The van der Waals surface area contributed by atoms with Gasteiger partial charge in [0.05, 0.1) is 18.7 Å². The second kappa shape index (κ2) is 5.95. The second-order valence-electron chi connectivity index (χ2n) is 4.06. The SMILES string of the molecule is COc1ccc(C(=O)NC(C)c2ccncc2)cn1. The Hall–Kier alpha value is -2.43. The fourth-order valence-corrected chi connectivity index (χ4v) is 1.65. The highest BCUT2D eigenvalue weighted by Crippen LogP contribution is 2.12. The van der Waals surface area contributed by atoms with Crippen molar-refractivity contribution in [2.45, 2.75) is 13.0 Å². The quantitative estimate of drug-likeness (QED) is 0.909. The summed E-state index contributed by atoms with van der Waals surface area (Å²) >= 11 is 0. The third-order valence-electron chi connectivity index (χ3n) is 2.76. The fraction of sp³-hybridized carbons (Fsp3) is 0.214. The van der Waals surface area contributed by atoms with Gasteiger partial charge in [0, 0.05) is 24.7 Å². The molecule has 0 fully saturated rings. The Balaban J connectivity index is 2.04. The first-order valence-electron chi connectivity index (χ1n) is 5.91. The first-order chi connectivity index (χ1) is 9.20. The summed E-state index contributed by atoms with van der Waals surface area (Å²) in [5.74, 6) is 0.318. The lowest BCUT2D eigenvalue weighted by atomic mass is 10.1. The number of pyridine rings is 2. The van der Waals surface area contributed by atoms with Gasteiger partial charge in [-0.25, -0.2) is 4.98 Å². The van der Waals surface area contributed by atoms with E-state index in [0.29, 0.717) is 11.4 Å². The van der Waals surface area contributed by atoms with Crippen molar-refractivity contribution in [3.63, 3.8) is 0 Å². The van der Waals surface area contributed by atoms with Crippen LogP contribution in [0.3, 0.4) is 0 Å². The minimum atomic E-state index is -0.167. The summed E-state index contributed by atoms with van der Waals surface area (Å²) in [5.41, 5.74) is 1.51. The molecule has 5 heteroatoms. The molecule has 1 N–H and O–H groups in total. The van der Waals surface area contributed by atoms with Crippen molar-refractivity contribution >= 4 is 5.91 Å². The summed E-state index contributed by atoms with van der Waals surface area (Å²) in [7, 11) is 1.54. The number of hydrogen-bond donors (Lipinski definition) is 1. The van der Waals surface area contributed by atoms with Crippen LogP contribution in [0.5, 0.6) is 5.88 Å². The van der Waals surface area contributed by atoms with Crippen LogP contribution in [-0.2, 0) is 0 Å². The lowest BCUT2D eigenvalue weighted by molar-refractivity contribution is 0.0939. The number of carbonyl (C=O) groups is 1. The van der Waals surface area contributed by atoms with Crippen LogP contribution in [0.1, 0.15) is 28.9 Å². The molecule has 2 heterocycles. The smallest absolute Gasteiger partial charge is 0.253 e. The number of hydrogen-bond acceptors (Lipinski definition) is 4. The van der Waals surface area contributed by atoms with Gasteiger partial charge in [-0.1, -0.05) is 0 Å². The molecule has 0 bridgehead atoms. The number of aromatic nitrogens is 2. The molecule has 1 unspecified atom stereocenters. The van der Waals surface area contributed by atoms with Gasteiger partial charge in [-0.3, -0.25) is 9.78 Å². The molecule has 2 rings (SSSR count). The monoisotopic (exact) mass is 257 g/mol. The van der Waals surface area contributed by atoms with Crippen molar-refractivity contribution in [2.24, 2.45) is 0 Å². The molecule has 19 heavy (non-hydrogen) atoms. The van der Waals surface area contributed by atoms with E-state index in [9.17, 15) is 4.79 Å². The van der Waals surface area contributed by atoms with Crippen LogP contribution in [0.25, 0.3) is 0 Å². The molecule has 0 aromatic carbocycles. The van der Waals surface area contributed by atoms with Crippen molar-refractivity contribution in [2.75, 3.05) is 7.11 Å². The van der Waals surface area contributed by atoms with E-state index in [4.69, 9.17) is 4.74 Å². The van der Waals surface area contributed by atoms with Crippen molar-refractivity contribution in [3.8, 4) is 5.88 Å². The molecule has 0 aliphatic rings. The largest absolute Gasteiger partial charge is 0.481 e. The molecule has 0 aliphatic heterocycles. The number of carbonyl (C=O) groups excluding carboxylic acids is 1. The van der Waals surface area contributed by atoms with E-state index in [1.807, 2.05) is 19.1 Å². The van der Waals surface area contributed by atoms with E-state index in [2.05, 4.69) is 15.3 Å². The number of nitrogens with zero attached hydrogens (tertiary/aromatic N) is 2. The highest BCUT2D eigenvalue weighted by molar-refractivity contribution is 5.94. The van der Waals surface area contributed by atoms with E-state index in [1.54, 1.807) is 24.5 Å². The Morgan fingerprint density at radius 2 is 2.00 bits per heavy atom. The Labute approximate surface area is 111 Å². The maximum absolute atomic E-state index is 12.0. The Morgan fingerprint density at radius 1 is 1.26 bits per heavy atom. The molecule has 1 amide bonds. The molecular formula is C14H15N3O2. The zero-order chi connectivity index (χ0) is 13.7. The average molecular weight is 257 g/mol. The predicted octanol–water partition coefficient (Wildman–Crippen LogP) is 1.98. The highest BCUT2D eigenvalue weighted by Gasteiger charge is 2.11. The molecule has 0 aliphatic carbocycles. The van der Waals surface area contributed by atoms with E-state index >= 15 is 0 Å². The summed E-state index contributed by atoms with van der Waals surface area (Å²) in [4.78, 5) is 20.0. The minimum Gasteiger partial charge on any atom is -0.481 e. The average Bonchev–Trinajstić information content (AvgIpc) is 2.48. The molecule has 0 saturated carbocycles. The first-order valence-corrected chi connectivity index (χ1v) is 5.91. The zero-order valence-corrected chi connectivity index (χ0v) is 10.8. The molecule has 5 nitrogen and oxygen atoms in total. The van der Waals surface area contributed by atoms with E-state index < -0.39 is 0 Å². The Bertz CT molecular complexity index is 540. The van der Waals surface area contributed by atoms with Crippen LogP contribution >= 0.6 is 0 Å². The van der Waals surface area contributed by atoms with Crippen LogP contribution in [-0.4, -0.2) is 23.0 Å². The van der Waals surface area contributed by atoms with Gasteiger partial charge in [0.1, 0.15) is 0 Å². The van der Waals surface area contributed by atoms with Gasteiger partial charge in [0.15, 0.2) is 0 Å². The van der Waals surface area contributed by atoms with Crippen LogP contribution in [0.4, 0.5) is 0 Å². The summed E-state index contributed by atoms with van der Waals surface area (Å²) in [6.45, 7) is 1.92. The zero-order valence-electron chi connectivity index (χ0n) is 10.8. The fourth-order valence-electron chi connectivity index (χ4n) is 1.65. The van der Waals surface area contributed by atoms with Crippen molar-refractivity contribution < 1.29 is 9.53 Å². The molecule has 1 atom stereocenters. The van der Waals surface area contributed by atoms with Crippen molar-refractivity contribution in [3.05, 3.63) is 54.0 Å². The maximum atomic E-state index is 12.0. The predicted molar refractivity (Wildman–Crippen MR) is 70.9 cm³/mol. The normalized spacial score (nSPS) is 11.7. The van der Waals surface area contributed by atoms with Gasteiger partial charge in [-0.2, -0.15) is 0 Å². The van der Waals surface area contributed by atoms with Crippen LogP contribution in [0.2, 0.25) is 0 Å². The van der Waals surface area contributed by atoms with Gasteiger partial charge in [0.2, 0.25) is 5.88 Å². The van der Waals surface area contributed by atoms with Crippen LogP contribution in [0.15, 0.2) is 42.9 Å². The minimum absolute atomic E-state index is 0.0856. The number of nitrogens with one attached hydrogen (secondary N) is 1. The van der Waals surface area contributed by atoms with Crippen molar-refractivity contribution in [1.29, 1.82) is 0 Å². The van der Waals surface area contributed by atoms with Gasteiger partial charge in [0.25, 0.3) is 5.91 Å². The molecule has 2 aromatic rings. The van der Waals surface area contributed by atoms with Gasteiger partial charge in [-0.15, -0.1) is 0 Å². The van der Waals surface area contributed by atoms with Crippen molar-refractivity contribution in [1.82, 2.24) is 15.3 Å². The lowest BCUT2D eigenvalue weighted by Crippen LogP contribution is -2.26. The van der Waals surface area contributed by atoms with E-state index in [1.165, 1.54) is 13.3 Å². The lowest BCUT2D eigenvalue weighted by Gasteiger charge is -2.14. The maximum Gasteiger partial charge on any atom is 0.253 e. The second-order valence-corrected chi connectivity index (χ2v) is 4.06. The third kappa shape index (κ3) is 3.28. The summed E-state index contributed by atoms with van der Waals surface area (Å²) in [6.07, 6.45) is 4.90. The number of ether oxygens (including phenoxy) is 1. The van der Waals surface area contributed by atoms with E-state index in [-0.39, 0.29) is 11.9 Å². The van der Waals surface area contributed by atoms with Gasteiger partial charge >= 0.3 is 0 Å². The van der Waals surface area contributed by atoms with Gasteiger partial charge in [-0.05, 0) is 30.7 Å². The molecule has 0 radical (unpaired) electrons. The summed E-state index contributed by atoms with van der Waals surface area (Å²) in [6, 6.07) is 7.00. The Kier molecular flexibility index (Phi) is 4.07. The Morgan fingerprint density at radius 3 is 2.58 bits per heavy atom. The topological polar surface area (TPSA) is 64.1 Å². The van der Waals surface area contributed by atoms with Gasteiger partial charge < -0.3 is 10.1 Å². The summed E-state index contributed by atoms with van der Waals surface area (Å²) in [5, 5.41) is 2.90. The molecular weight excluding hydrogens is 242 g/mol. The highest BCUT2D eigenvalue weighted by atomic mass is 16.5. The van der Waals surface area contributed by atoms with Crippen LogP contribution < -0.4 is 10.1 Å². The van der Waals surface area contributed by atoms with E-state index in [0.717, 1.165) is 5.56 Å². The summed E-state index contributed by atoms with van der Waals surface area (Å²) < 4.78 is 4.95. The molecule has 98 valence electrons. The molecule has 0 saturated heterocycles. The van der Waals surface area contributed by atoms with Crippen LogP contribution in [0, 0.1) is 0 Å². The molecule has 2 aromatic heterocycles. The number of amides is 1. The first kappa shape index (κ1) is 13.0. The standard InChI is InChI=1S/C14H15N3O2/c1-10(11-5-7-15-8-6-11)17-14(18)12-3-4-13(19-2)16-9-12/h3-10H,1-2H3,(H,17,18).